The molecule has 5 nitrogen and oxygen atoms in total. The van der Waals surface area contributed by atoms with Crippen molar-refractivity contribution < 1.29 is 4.79 Å². The van der Waals surface area contributed by atoms with E-state index in [0.717, 1.165) is 0 Å². The van der Waals surface area contributed by atoms with Gasteiger partial charge in [0, 0.05) is 0 Å². The number of nitrogens with zero attached hydrogens (tertiary/aromatic N) is 3. The molecule has 0 aliphatic rings. The van der Waals surface area contributed by atoms with Gasteiger partial charge in [0.1, 0.15) is 0 Å². The molecule has 10 heavy (non-hydrogen) atoms. The molecule has 0 aromatic carbocycles. The number of urea groups is 1. The molecule has 0 saturated carbocycles. The van der Waals surface area contributed by atoms with E-state index >= 15 is 0 Å². The van der Waals surface area contributed by atoms with E-state index in [1.165, 1.54) is 0 Å². The highest BCUT2D eigenvalue weighted by Crippen LogP contribution is 1.94. The third-order valence-corrected chi connectivity index (χ3v) is 0.831. The fourth-order valence-corrected chi connectivity index (χ4v) is 0.325. The Kier molecular flexibility index (Phi) is 3.80. The summed E-state index contributed by atoms with van der Waals surface area (Å²) in [6.45, 7) is 1.77. The number of azo groups is 1. The molecule has 0 bridgehead atoms. The second-order valence-corrected chi connectivity index (χ2v) is 1.61. The van der Waals surface area contributed by atoms with E-state index in [-0.39, 0.29) is 0 Å². The first-order chi connectivity index (χ1) is 4.70. The predicted molar refractivity (Wildman–Crippen MR) is 34.1 cm³/mol. The van der Waals surface area contributed by atoms with E-state index < -0.39 is 12.1 Å². The molecule has 0 fully saturated rings. The average Bonchev–Trinajstić information content (AvgIpc) is 1.90. The first-order valence-electron chi connectivity index (χ1n) is 2.80. The van der Waals surface area contributed by atoms with Gasteiger partial charge in [0.25, 0.3) is 0 Å². The van der Waals surface area contributed by atoms with Gasteiger partial charge in [-0.1, -0.05) is 12.0 Å². The first kappa shape index (κ1) is 8.56. The van der Waals surface area contributed by atoms with Crippen molar-refractivity contribution in [2.45, 2.75) is 19.4 Å². The maximum atomic E-state index is 9.99. The van der Waals surface area contributed by atoms with Gasteiger partial charge in [-0.05, 0) is 6.42 Å². The lowest BCUT2D eigenvalue weighted by molar-refractivity contribution is 0.255. The summed E-state index contributed by atoms with van der Waals surface area (Å²) >= 11 is 0. The summed E-state index contributed by atoms with van der Waals surface area (Å²) in [5, 5.41) is 14.6. The van der Waals surface area contributed by atoms with Gasteiger partial charge < -0.3 is 5.73 Å². The van der Waals surface area contributed by atoms with Gasteiger partial charge in [0.2, 0.25) is 0 Å². The van der Waals surface area contributed by atoms with Gasteiger partial charge in [0.05, 0.1) is 6.07 Å². The fraction of sp³-hybridized carbons (Fsp3) is 0.600. The van der Waals surface area contributed by atoms with Gasteiger partial charge in [-0.3, -0.25) is 0 Å². The highest BCUT2D eigenvalue weighted by molar-refractivity contribution is 5.71. The molecular formula is C5H8N4O. The Morgan fingerprint density at radius 3 is 2.80 bits per heavy atom. The van der Waals surface area contributed by atoms with Crippen molar-refractivity contribution in [3.05, 3.63) is 0 Å². The van der Waals surface area contributed by atoms with E-state index in [4.69, 9.17) is 5.26 Å². The lowest BCUT2D eigenvalue weighted by Gasteiger charge is -1.91. The summed E-state index contributed by atoms with van der Waals surface area (Å²) in [5.41, 5.74) is 4.64. The van der Waals surface area contributed by atoms with Crippen LogP contribution in [-0.4, -0.2) is 12.1 Å². The number of hydrogen-bond donors (Lipinski definition) is 1. The molecule has 0 heterocycles. The van der Waals surface area contributed by atoms with Crippen LogP contribution in [0.15, 0.2) is 10.2 Å². The molecule has 0 aliphatic heterocycles. The third-order valence-electron chi connectivity index (χ3n) is 0.831. The molecule has 0 aliphatic carbocycles. The van der Waals surface area contributed by atoms with Crippen LogP contribution in [0.25, 0.3) is 0 Å². The zero-order valence-corrected chi connectivity index (χ0v) is 5.61. The number of carbonyl (C=O) groups is 1. The molecule has 0 aromatic rings. The van der Waals surface area contributed by atoms with Crippen molar-refractivity contribution in [2.75, 3.05) is 0 Å². The summed E-state index contributed by atoms with van der Waals surface area (Å²) < 4.78 is 0. The van der Waals surface area contributed by atoms with E-state index in [1.807, 2.05) is 6.07 Å². The minimum atomic E-state index is -0.867. The molecule has 5 heteroatoms. The van der Waals surface area contributed by atoms with Crippen LogP contribution in [0.1, 0.15) is 13.3 Å². The number of hydrogen-bond acceptors (Lipinski definition) is 3. The van der Waals surface area contributed by atoms with Gasteiger partial charge in [-0.2, -0.15) is 10.4 Å². The molecule has 0 radical (unpaired) electrons. The van der Waals surface area contributed by atoms with Gasteiger partial charge >= 0.3 is 6.03 Å². The van der Waals surface area contributed by atoms with Gasteiger partial charge in [-0.15, -0.1) is 0 Å². The molecule has 54 valence electrons. The molecule has 0 aromatic heterocycles. The maximum Gasteiger partial charge on any atom is 0.356 e. The molecule has 0 spiro atoms. The van der Waals surface area contributed by atoms with Gasteiger partial charge in [0.15, 0.2) is 6.04 Å². The summed E-state index contributed by atoms with van der Waals surface area (Å²) in [6, 6.07) is 0.423. The summed E-state index contributed by atoms with van der Waals surface area (Å²) in [4.78, 5) is 9.99. The highest BCUT2D eigenvalue weighted by Gasteiger charge is 1.99. The van der Waals surface area contributed by atoms with E-state index in [9.17, 15) is 4.79 Å². The fourth-order valence-electron chi connectivity index (χ4n) is 0.325. The molecule has 1 unspecified atom stereocenters. The predicted octanol–water partition coefficient (Wildman–Crippen LogP) is 0.819. The number of nitrogens with two attached hydrogens (primary N) is 1. The monoisotopic (exact) mass is 140 g/mol. The quantitative estimate of drug-likeness (QED) is 0.575. The Balaban J connectivity index is 3.87. The van der Waals surface area contributed by atoms with Crippen LogP contribution in [0.2, 0.25) is 0 Å². The third kappa shape index (κ3) is 3.55. The lowest BCUT2D eigenvalue weighted by atomic mass is 10.3. The standard InChI is InChI=1S/C5H8N4O/c1-2-4(3-6)8-9-5(7)10/h4H,2H2,1H3,(H2,7,10). The summed E-state index contributed by atoms with van der Waals surface area (Å²) in [6.07, 6.45) is 0.535. The number of nitriles is 1. The Hall–Kier alpha value is -1.44. The zero-order chi connectivity index (χ0) is 7.98. The van der Waals surface area contributed by atoms with Crippen molar-refractivity contribution in [3.63, 3.8) is 0 Å². The lowest BCUT2D eigenvalue weighted by Crippen LogP contribution is -2.05. The minimum Gasteiger partial charge on any atom is -0.348 e. The summed E-state index contributed by atoms with van der Waals surface area (Å²) in [7, 11) is 0. The second kappa shape index (κ2) is 4.44. The van der Waals surface area contributed by atoms with Gasteiger partial charge in [-0.25, -0.2) is 4.79 Å². The molecule has 1 atom stereocenters. The molecule has 2 N–H and O–H groups in total. The number of primary amides is 1. The van der Waals surface area contributed by atoms with Crippen molar-refractivity contribution in [2.24, 2.45) is 16.0 Å². The van der Waals surface area contributed by atoms with E-state index in [1.54, 1.807) is 6.92 Å². The molecule has 0 saturated heterocycles. The minimum absolute atomic E-state index is 0.535. The van der Waals surface area contributed by atoms with Crippen molar-refractivity contribution in [1.82, 2.24) is 0 Å². The Morgan fingerprint density at radius 2 is 2.50 bits per heavy atom. The zero-order valence-electron chi connectivity index (χ0n) is 5.61. The number of rotatable bonds is 2. The van der Waals surface area contributed by atoms with Crippen molar-refractivity contribution in [1.29, 1.82) is 5.26 Å². The topological polar surface area (TPSA) is 91.6 Å². The van der Waals surface area contributed by atoms with Crippen LogP contribution in [0, 0.1) is 11.3 Å². The van der Waals surface area contributed by atoms with Crippen molar-refractivity contribution in [3.8, 4) is 6.07 Å². The molecular weight excluding hydrogens is 132 g/mol. The summed E-state index contributed by atoms with van der Waals surface area (Å²) in [5.74, 6) is 0. The number of carbonyl (C=O) groups excluding carboxylic acids is 1. The van der Waals surface area contributed by atoms with Crippen LogP contribution >= 0.6 is 0 Å². The maximum absolute atomic E-state index is 9.99. The second-order valence-electron chi connectivity index (χ2n) is 1.61. The Bertz CT molecular complexity index is 181. The first-order valence-corrected chi connectivity index (χ1v) is 2.80. The van der Waals surface area contributed by atoms with Crippen LogP contribution < -0.4 is 5.73 Å². The average molecular weight is 140 g/mol. The van der Waals surface area contributed by atoms with Crippen LogP contribution in [-0.2, 0) is 0 Å². The molecule has 2 amide bonds. The Morgan fingerprint density at radius 1 is 1.90 bits per heavy atom. The van der Waals surface area contributed by atoms with Crippen LogP contribution in [0.4, 0.5) is 4.79 Å². The van der Waals surface area contributed by atoms with E-state index in [0.29, 0.717) is 6.42 Å². The van der Waals surface area contributed by atoms with Crippen molar-refractivity contribution >= 4 is 6.03 Å². The highest BCUT2D eigenvalue weighted by atomic mass is 16.2. The Labute approximate surface area is 58.5 Å². The molecule has 0 rings (SSSR count). The SMILES string of the molecule is CCC(C#N)N=NC(N)=O. The van der Waals surface area contributed by atoms with E-state index in [2.05, 4.69) is 16.0 Å². The number of amides is 2. The normalized spacial score (nSPS) is 12.8. The van der Waals surface area contributed by atoms with Crippen LogP contribution in [0.3, 0.4) is 0 Å². The van der Waals surface area contributed by atoms with Crippen LogP contribution in [0.5, 0.6) is 0 Å². The smallest absolute Gasteiger partial charge is 0.348 e. The largest absolute Gasteiger partial charge is 0.356 e.